The van der Waals surface area contributed by atoms with Crippen LogP contribution in [0.2, 0.25) is 0 Å². The molecule has 0 radical (unpaired) electrons. The number of nitrogens with zero attached hydrogens (tertiary/aromatic N) is 2. The number of likely N-dealkylation sites (N-methyl/N-ethyl adjacent to an activating group) is 1. The first-order valence-electron chi connectivity index (χ1n) is 6.19. The van der Waals surface area contributed by atoms with Gasteiger partial charge < -0.3 is 9.88 Å². The second kappa shape index (κ2) is 4.88. The second-order valence-electron chi connectivity index (χ2n) is 5.01. The summed E-state index contributed by atoms with van der Waals surface area (Å²) in [5.74, 6) is 1.18. The fourth-order valence-electron chi connectivity index (χ4n) is 2.34. The Morgan fingerprint density at radius 1 is 1.35 bits per heavy atom. The molecular formula is C14H21N3. The number of aromatic nitrogens is 2. The van der Waals surface area contributed by atoms with E-state index >= 15 is 0 Å². The molecule has 0 spiro atoms. The van der Waals surface area contributed by atoms with Crippen LogP contribution in [0.5, 0.6) is 0 Å². The van der Waals surface area contributed by atoms with Crippen LogP contribution in [0.25, 0.3) is 11.0 Å². The Bertz CT molecular complexity index is 499. The van der Waals surface area contributed by atoms with Crippen LogP contribution in [-0.2, 0) is 7.05 Å². The molecular weight excluding hydrogens is 210 g/mol. The minimum atomic E-state index is 0.548. The van der Waals surface area contributed by atoms with E-state index in [1.165, 1.54) is 11.1 Å². The van der Waals surface area contributed by atoms with Gasteiger partial charge in [0.05, 0.1) is 17.4 Å². The maximum Gasteiger partial charge on any atom is 0.0955 e. The Morgan fingerprint density at radius 2 is 2.12 bits per heavy atom. The van der Waals surface area contributed by atoms with Gasteiger partial charge in [-0.2, -0.15) is 0 Å². The van der Waals surface area contributed by atoms with Crippen molar-refractivity contribution in [1.82, 2.24) is 14.9 Å². The molecule has 0 fully saturated rings. The van der Waals surface area contributed by atoms with Crippen LogP contribution in [0, 0.1) is 5.92 Å². The summed E-state index contributed by atoms with van der Waals surface area (Å²) >= 11 is 0. The van der Waals surface area contributed by atoms with E-state index < -0.39 is 0 Å². The molecule has 0 amide bonds. The zero-order valence-electron chi connectivity index (χ0n) is 11.1. The molecule has 17 heavy (non-hydrogen) atoms. The lowest BCUT2D eigenvalue weighted by Gasteiger charge is -2.21. The third kappa shape index (κ3) is 2.34. The van der Waals surface area contributed by atoms with Crippen LogP contribution >= 0.6 is 0 Å². The largest absolute Gasteiger partial charge is 0.334 e. The summed E-state index contributed by atoms with van der Waals surface area (Å²) < 4.78 is 2.06. The lowest BCUT2D eigenvalue weighted by Crippen LogP contribution is -2.21. The molecule has 0 bridgehead atoms. The van der Waals surface area contributed by atoms with Crippen LogP contribution in [-0.4, -0.2) is 23.1 Å². The maximum absolute atomic E-state index is 4.42. The smallest absolute Gasteiger partial charge is 0.0955 e. The lowest BCUT2D eigenvalue weighted by atomic mass is 9.88. The first-order valence-corrected chi connectivity index (χ1v) is 6.19. The first kappa shape index (κ1) is 12.1. The minimum Gasteiger partial charge on any atom is -0.334 e. The van der Waals surface area contributed by atoms with Gasteiger partial charge in [0.15, 0.2) is 0 Å². The molecule has 3 nitrogen and oxygen atoms in total. The van der Waals surface area contributed by atoms with E-state index in [9.17, 15) is 0 Å². The van der Waals surface area contributed by atoms with Crippen molar-refractivity contribution in [2.75, 3.05) is 13.6 Å². The van der Waals surface area contributed by atoms with Gasteiger partial charge in [0.2, 0.25) is 0 Å². The van der Waals surface area contributed by atoms with Crippen LogP contribution in [0.15, 0.2) is 24.5 Å². The average Bonchev–Trinajstić information content (AvgIpc) is 2.67. The number of hydrogen-bond donors (Lipinski definition) is 1. The van der Waals surface area contributed by atoms with Gasteiger partial charge in [0.1, 0.15) is 0 Å². The van der Waals surface area contributed by atoms with Gasteiger partial charge in [-0.25, -0.2) is 4.98 Å². The molecule has 3 heteroatoms. The summed E-state index contributed by atoms with van der Waals surface area (Å²) in [6.07, 6.45) is 1.87. The molecule has 92 valence electrons. The number of fused-ring (bicyclic) bond motifs is 1. The molecule has 0 aliphatic rings. The lowest BCUT2D eigenvalue weighted by molar-refractivity contribution is 0.478. The van der Waals surface area contributed by atoms with Crippen LogP contribution in [0.1, 0.15) is 25.3 Å². The molecule has 0 saturated heterocycles. The predicted octanol–water partition coefficient (Wildman–Crippen LogP) is 2.53. The second-order valence-corrected chi connectivity index (χ2v) is 5.01. The first-order chi connectivity index (χ1) is 8.13. The molecule has 1 unspecified atom stereocenters. The predicted molar refractivity (Wildman–Crippen MR) is 72.2 cm³/mol. The van der Waals surface area contributed by atoms with E-state index in [-0.39, 0.29) is 0 Å². The van der Waals surface area contributed by atoms with E-state index in [2.05, 4.69) is 46.9 Å². The minimum absolute atomic E-state index is 0.548. The summed E-state index contributed by atoms with van der Waals surface area (Å²) in [4.78, 5) is 4.42. The third-order valence-electron chi connectivity index (χ3n) is 3.41. The highest BCUT2D eigenvalue weighted by molar-refractivity contribution is 5.76. The van der Waals surface area contributed by atoms with Crippen molar-refractivity contribution in [3.63, 3.8) is 0 Å². The molecule has 2 rings (SSSR count). The number of rotatable bonds is 4. The van der Waals surface area contributed by atoms with E-state index in [1.54, 1.807) is 0 Å². The van der Waals surface area contributed by atoms with E-state index in [1.807, 2.05) is 20.4 Å². The topological polar surface area (TPSA) is 29.9 Å². The van der Waals surface area contributed by atoms with Crippen molar-refractivity contribution >= 4 is 11.0 Å². The maximum atomic E-state index is 4.42. The molecule has 1 atom stereocenters. The van der Waals surface area contributed by atoms with Gasteiger partial charge in [-0.3, -0.25) is 0 Å². The fraction of sp³-hybridized carbons (Fsp3) is 0.500. The molecule has 2 aromatic rings. The third-order valence-corrected chi connectivity index (χ3v) is 3.41. The van der Waals surface area contributed by atoms with E-state index in [0.29, 0.717) is 11.8 Å². The van der Waals surface area contributed by atoms with Crippen molar-refractivity contribution in [1.29, 1.82) is 0 Å². The number of aryl methyl sites for hydroxylation is 1. The molecule has 1 aromatic carbocycles. The Kier molecular flexibility index (Phi) is 3.48. The molecule has 0 aliphatic carbocycles. The normalized spacial score (nSPS) is 13.5. The summed E-state index contributed by atoms with van der Waals surface area (Å²) in [6.45, 7) is 5.55. The summed E-state index contributed by atoms with van der Waals surface area (Å²) in [6, 6.07) is 6.62. The summed E-state index contributed by atoms with van der Waals surface area (Å²) in [5.41, 5.74) is 3.66. The van der Waals surface area contributed by atoms with Crippen molar-refractivity contribution in [3.05, 3.63) is 30.1 Å². The summed E-state index contributed by atoms with van der Waals surface area (Å²) in [7, 11) is 4.04. The molecule has 1 heterocycles. The van der Waals surface area contributed by atoms with E-state index in [0.717, 1.165) is 12.1 Å². The Hall–Kier alpha value is -1.35. The Balaban J connectivity index is 2.40. The number of imidazole rings is 1. The van der Waals surface area contributed by atoms with Gasteiger partial charge in [-0.1, -0.05) is 19.9 Å². The van der Waals surface area contributed by atoms with Crippen LogP contribution in [0.4, 0.5) is 0 Å². The van der Waals surface area contributed by atoms with Gasteiger partial charge in [0.25, 0.3) is 0 Å². The van der Waals surface area contributed by atoms with E-state index in [4.69, 9.17) is 0 Å². The number of benzene rings is 1. The molecule has 1 N–H and O–H groups in total. The van der Waals surface area contributed by atoms with Crippen molar-refractivity contribution in [2.24, 2.45) is 13.0 Å². The van der Waals surface area contributed by atoms with Gasteiger partial charge in [0, 0.05) is 13.6 Å². The molecule has 0 saturated carbocycles. The zero-order chi connectivity index (χ0) is 12.4. The highest BCUT2D eigenvalue weighted by atomic mass is 15.0. The highest BCUT2D eigenvalue weighted by Gasteiger charge is 2.15. The van der Waals surface area contributed by atoms with Crippen molar-refractivity contribution in [3.8, 4) is 0 Å². The number of hydrogen-bond acceptors (Lipinski definition) is 2. The summed E-state index contributed by atoms with van der Waals surface area (Å²) in [5, 5.41) is 3.28. The SMILES string of the molecule is CNCC(c1ccc2c(c1)ncn2C)C(C)C. The molecule has 1 aromatic heterocycles. The van der Waals surface area contributed by atoms with Crippen LogP contribution in [0.3, 0.4) is 0 Å². The van der Waals surface area contributed by atoms with Gasteiger partial charge >= 0.3 is 0 Å². The molecule has 0 aliphatic heterocycles. The average molecular weight is 231 g/mol. The Morgan fingerprint density at radius 3 is 2.76 bits per heavy atom. The van der Waals surface area contributed by atoms with Gasteiger partial charge in [-0.05, 0) is 36.6 Å². The zero-order valence-corrected chi connectivity index (χ0v) is 11.1. The standard InChI is InChI=1S/C14H21N3/c1-10(2)12(8-15-3)11-5-6-14-13(7-11)16-9-17(14)4/h5-7,9-10,12,15H,8H2,1-4H3. The van der Waals surface area contributed by atoms with Gasteiger partial charge in [-0.15, -0.1) is 0 Å². The quantitative estimate of drug-likeness (QED) is 0.876. The van der Waals surface area contributed by atoms with Crippen LogP contribution < -0.4 is 5.32 Å². The van der Waals surface area contributed by atoms with Crippen molar-refractivity contribution in [2.45, 2.75) is 19.8 Å². The monoisotopic (exact) mass is 231 g/mol. The Labute approximate surface area is 103 Å². The highest BCUT2D eigenvalue weighted by Crippen LogP contribution is 2.26. The fourth-order valence-corrected chi connectivity index (χ4v) is 2.34. The number of nitrogens with one attached hydrogen (secondary N) is 1. The van der Waals surface area contributed by atoms with Crippen molar-refractivity contribution < 1.29 is 0 Å².